The van der Waals surface area contributed by atoms with Crippen LogP contribution in [-0.2, 0) is 9.53 Å². The average molecular weight is 249 g/mol. The molecule has 2 aliphatic carbocycles. The van der Waals surface area contributed by atoms with Gasteiger partial charge in [0.2, 0.25) is 0 Å². The molecule has 2 aliphatic rings. The monoisotopic (exact) mass is 249 g/mol. The van der Waals surface area contributed by atoms with Crippen LogP contribution in [-0.4, -0.2) is 25.0 Å². The number of hydrogen-bond acceptors (Lipinski definition) is 3. The minimum atomic E-state index is -0.495. The van der Waals surface area contributed by atoms with Crippen LogP contribution in [0.3, 0.4) is 0 Å². The Morgan fingerprint density at radius 3 is 2.83 bits per heavy atom. The summed E-state index contributed by atoms with van der Waals surface area (Å²) >= 11 is 0. The Morgan fingerprint density at radius 2 is 2.33 bits per heavy atom. The van der Waals surface area contributed by atoms with Crippen molar-refractivity contribution >= 4 is 11.9 Å². The van der Waals surface area contributed by atoms with E-state index in [9.17, 15) is 9.59 Å². The Balaban J connectivity index is 1.96. The molecule has 1 fully saturated rings. The number of nitrogens with one attached hydrogen (secondary N) is 1. The number of amides is 1. The highest BCUT2D eigenvalue weighted by Crippen LogP contribution is 2.52. The van der Waals surface area contributed by atoms with E-state index in [1.165, 1.54) is 0 Å². The van der Waals surface area contributed by atoms with Gasteiger partial charge in [0.05, 0.1) is 5.41 Å². The zero-order chi connectivity index (χ0) is 13.2. The van der Waals surface area contributed by atoms with Crippen molar-refractivity contribution < 1.29 is 14.3 Å². The molecule has 4 nitrogen and oxygen atoms in total. The van der Waals surface area contributed by atoms with Gasteiger partial charge >= 0.3 is 6.09 Å². The Morgan fingerprint density at radius 1 is 1.56 bits per heavy atom. The number of fused-ring (bicyclic) bond motifs is 2. The topological polar surface area (TPSA) is 55.4 Å². The molecule has 0 aromatic heterocycles. The van der Waals surface area contributed by atoms with Crippen LogP contribution in [0.5, 0.6) is 0 Å². The van der Waals surface area contributed by atoms with Gasteiger partial charge in [0.1, 0.15) is 12.4 Å². The average Bonchev–Trinajstić information content (AvgIpc) is 2.94. The number of carbonyl (C=O) groups is 2. The van der Waals surface area contributed by atoms with Crippen molar-refractivity contribution in [3.8, 4) is 0 Å². The number of rotatable bonds is 5. The van der Waals surface area contributed by atoms with Crippen molar-refractivity contribution in [1.82, 2.24) is 5.32 Å². The van der Waals surface area contributed by atoms with Gasteiger partial charge in [-0.3, -0.25) is 4.79 Å². The lowest BCUT2D eigenvalue weighted by Crippen LogP contribution is -2.40. The van der Waals surface area contributed by atoms with Crippen LogP contribution in [0.1, 0.15) is 19.8 Å². The highest BCUT2D eigenvalue weighted by molar-refractivity contribution is 5.84. The Labute approximate surface area is 107 Å². The van der Waals surface area contributed by atoms with Gasteiger partial charge in [-0.1, -0.05) is 18.2 Å². The third-order valence-corrected chi connectivity index (χ3v) is 4.06. The number of ketones is 1. The van der Waals surface area contributed by atoms with Crippen molar-refractivity contribution in [3.05, 3.63) is 24.8 Å². The SMILES string of the molecule is C=CCNC(=O)OC[C@]1(C(C)=O)C[C@@H]2C=C[C@H]1C2. The highest BCUT2D eigenvalue weighted by Gasteiger charge is 2.52. The lowest BCUT2D eigenvalue weighted by atomic mass is 9.73. The zero-order valence-corrected chi connectivity index (χ0v) is 10.6. The van der Waals surface area contributed by atoms with Gasteiger partial charge in [-0.05, 0) is 31.6 Å². The molecule has 0 unspecified atom stereocenters. The maximum Gasteiger partial charge on any atom is 0.407 e. The van der Waals surface area contributed by atoms with E-state index in [1.807, 2.05) is 0 Å². The quantitative estimate of drug-likeness (QED) is 0.759. The third kappa shape index (κ3) is 2.19. The molecule has 1 amide bonds. The van der Waals surface area contributed by atoms with E-state index in [0.717, 1.165) is 12.8 Å². The molecule has 18 heavy (non-hydrogen) atoms. The van der Waals surface area contributed by atoms with E-state index in [-0.39, 0.29) is 18.3 Å². The van der Waals surface area contributed by atoms with Crippen LogP contribution in [0.25, 0.3) is 0 Å². The molecule has 0 radical (unpaired) electrons. The standard InChI is InChI=1S/C14H19NO3/c1-3-6-15-13(17)18-9-14(10(2)16)8-11-4-5-12(14)7-11/h3-5,11-12H,1,6-9H2,2H3,(H,15,17)/t11-,12+,14+/m1/s1. The van der Waals surface area contributed by atoms with Crippen molar-refractivity contribution in [2.45, 2.75) is 19.8 Å². The van der Waals surface area contributed by atoms with E-state index in [2.05, 4.69) is 24.0 Å². The summed E-state index contributed by atoms with van der Waals surface area (Å²) in [5, 5.41) is 2.55. The molecule has 1 saturated carbocycles. The Hall–Kier alpha value is -1.58. The molecule has 2 bridgehead atoms. The molecule has 0 spiro atoms. The van der Waals surface area contributed by atoms with Crippen LogP contribution >= 0.6 is 0 Å². The number of allylic oxidation sites excluding steroid dienone is 2. The second-order valence-corrected chi connectivity index (χ2v) is 5.15. The fourth-order valence-corrected chi connectivity index (χ4v) is 3.03. The number of alkyl carbamates (subject to hydrolysis) is 1. The summed E-state index contributed by atoms with van der Waals surface area (Å²) in [5.74, 6) is 0.821. The molecule has 0 saturated heterocycles. The molecule has 4 heteroatoms. The third-order valence-electron chi connectivity index (χ3n) is 4.06. The summed E-state index contributed by atoms with van der Waals surface area (Å²) in [5.41, 5.74) is -0.495. The van der Waals surface area contributed by atoms with Crippen molar-refractivity contribution in [2.75, 3.05) is 13.2 Å². The predicted octanol–water partition coefficient (Wildman–Crippen LogP) is 2.07. The van der Waals surface area contributed by atoms with Gasteiger partial charge in [0, 0.05) is 6.54 Å². The molecule has 0 heterocycles. The molecular weight excluding hydrogens is 230 g/mol. The minimum absolute atomic E-state index is 0.121. The first-order valence-electron chi connectivity index (χ1n) is 6.29. The van der Waals surface area contributed by atoms with Gasteiger partial charge in [-0.15, -0.1) is 6.58 Å². The molecular formula is C14H19NO3. The van der Waals surface area contributed by atoms with Crippen LogP contribution in [0.2, 0.25) is 0 Å². The van der Waals surface area contributed by atoms with Gasteiger partial charge in [0.15, 0.2) is 0 Å². The molecule has 1 N–H and O–H groups in total. The summed E-state index contributed by atoms with van der Waals surface area (Å²) in [6, 6.07) is 0. The maximum atomic E-state index is 11.9. The molecule has 2 rings (SSSR count). The van der Waals surface area contributed by atoms with E-state index in [0.29, 0.717) is 12.5 Å². The minimum Gasteiger partial charge on any atom is -0.448 e. The van der Waals surface area contributed by atoms with Gasteiger partial charge in [0.25, 0.3) is 0 Å². The summed E-state index contributed by atoms with van der Waals surface area (Å²) in [6.07, 6.45) is 7.18. The fourth-order valence-electron chi connectivity index (χ4n) is 3.03. The van der Waals surface area contributed by atoms with E-state index < -0.39 is 11.5 Å². The second kappa shape index (κ2) is 4.96. The van der Waals surface area contributed by atoms with Crippen LogP contribution in [0.15, 0.2) is 24.8 Å². The molecule has 3 atom stereocenters. The van der Waals surface area contributed by atoms with Crippen molar-refractivity contribution in [3.63, 3.8) is 0 Å². The van der Waals surface area contributed by atoms with Crippen LogP contribution in [0, 0.1) is 17.3 Å². The number of ether oxygens (including phenoxy) is 1. The largest absolute Gasteiger partial charge is 0.448 e. The fraction of sp³-hybridized carbons (Fsp3) is 0.571. The predicted molar refractivity (Wildman–Crippen MR) is 68.0 cm³/mol. The lowest BCUT2D eigenvalue weighted by Gasteiger charge is -2.32. The molecule has 0 aliphatic heterocycles. The summed E-state index contributed by atoms with van der Waals surface area (Å²) in [4.78, 5) is 23.3. The highest BCUT2D eigenvalue weighted by atomic mass is 16.5. The summed E-state index contributed by atoms with van der Waals surface area (Å²) in [6.45, 7) is 5.66. The summed E-state index contributed by atoms with van der Waals surface area (Å²) < 4.78 is 5.19. The molecule has 0 aromatic carbocycles. The lowest BCUT2D eigenvalue weighted by molar-refractivity contribution is -0.130. The first kappa shape index (κ1) is 12.9. The Bertz CT molecular complexity index is 402. The maximum absolute atomic E-state index is 11.9. The number of carbonyl (C=O) groups excluding carboxylic acids is 2. The van der Waals surface area contributed by atoms with Crippen LogP contribution < -0.4 is 5.32 Å². The smallest absolute Gasteiger partial charge is 0.407 e. The first-order valence-corrected chi connectivity index (χ1v) is 6.29. The van der Waals surface area contributed by atoms with Crippen LogP contribution in [0.4, 0.5) is 4.79 Å². The van der Waals surface area contributed by atoms with E-state index in [1.54, 1.807) is 13.0 Å². The van der Waals surface area contributed by atoms with Gasteiger partial charge < -0.3 is 10.1 Å². The van der Waals surface area contributed by atoms with Crippen molar-refractivity contribution in [1.29, 1.82) is 0 Å². The molecule has 98 valence electrons. The van der Waals surface area contributed by atoms with E-state index >= 15 is 0 Å². The zero-order valence-electron chi connectivity index (χ0n) is 10.6. The van der Waals surface area contributed by atoms with Gasteiger partial charge in [-0.2, -0.15) is 0 Å². The Kier molecular flexibility index (Phi) is 3.55. The summed E-state index contributed by atoms with van der Waals surface area (Å²) in [7, 11) is 0. The molecule has 0 aromatic rings. The van der Waals surface area contributed by atoms with Crippen molar-refractivity contribution in [2.24, 2.45) is 17.3 Å². The first-order chi connectivity index (χ1) is 8.58. The van der Waals surface area contributed by atoms with E-state index in [4.69, 9.17) is 4.74 Å². The van der Waals surface area contributed by atoms with Gasteiger partial charge in [-0.25, -0.2) is 4.79 Å². The number of hydrogen-bond donors (Lipinski definition) is 1. The second-order valence-electron chi connectivity index (χ2n) is 5.15. The normalized spacial score (nSPS) is 32.3. The number of Topliss-reactive ketones (excluding diaryl/α,β-unsaturated/α-hetero) is 1.